The third-order valence-corrected chi connectivity index (χ3v) is 4.72. The fourth-order valence-corrected chi connectivity index (χ4v) is 3.27. The molecule has 0 saturated carbocycles. The van der Waals surface area contributed by atoms with Gasteiger partial charge in [-0.1, -0.05) is 12.1 Å². The Labute approximate surface area is 170 Å². The SMILES string of the molecule is CCOC(=O)N1CCC(Nc2nc(C)cc(C(=O)Nc3cccc(C)c3)n2)CC1. The summed E-state index contributed by atoms with van der Waals surface area (Å²) in [5, 5.41) is 6.17. The van der Waals surface area contributed by atoms with Crippen molar-refractivity contribution in [2.45, 2.75) is 39.7 Å². The Morgan fingerprint density at radius 2 is 1.93 bits per heavy atom. The maximum atomic E-state index is 12.6. The van der Waals surface area contributed by atoms with Crippen LogP contribution < -0.4 is 10.6 Å². The van der Waals surface area contributed by atoms with Crippen molar-refractivity contribution in [2.24, 2.45) is 0 Å². The van der Waals surface area contributed by atoms with Crippen LogP contribution in [0.15, 0.2) is 30.3 Å². The quantitative estimate of drug-likeness (QED) is 0.803. The molecule has 3 rings (SSSR count). The minimum absolute atomic E-state index is 0.134. The van der Waals surface area contributed by atoms with Gasteiger partial charge in [0.15, 0.2) is 0 Å². The molecule has 0 unspecified atom stereocenters. The Morgan fingerprint density at radius 1 is 1.17 bits per heavy atom. The van der Waals surface area contributed by atoms with Crippen LogP contribution in [0.2, 0.25) is 0 Å². The van der Waals surface area contributed by atoms with E-state index in [-0.39, 0.29) is 18.0 Å². The lowest BCUT2D eigenvalue weighted by atomic mass is 10.1. The van der Waals surface area contributed by atoms with Gasteiger partial charge in [0, 0.05) is 30.5 Å². The first-order valence-corrected chi connectivity index (χ1v) is 9.86. The number of amides is 2. The van der Waals surface area contributed by atoms with E-state index in [1.165, 1.54) is 0 Å². The normalized spacial score (nSPS) is 14.4. The van der Waals surface area contributed by atoms with Crippen LogP contribution in [0.5, 0.6) is 0 Å². The molecule has 2 aromatic rings. The predicted molar refractivity (Wildman–Crippen MR) is 111 cm³/mol. The molecule has 0 aliphatic carbocycles. The van der Waals surface area contributed by atoms with Gasteiger partial charge in [-0.3, -0.25) is 4.79 Å². The largest absolute Gasteiger partial charge is 0.450 e. The third-order valence-electron chi connectivity index (χ3n) is 4.72. The molecule has 1 aliphatic rings. The number of aromatic nitrogens is 2. The zero-order valence-corrected chi connectivity index (χ0v) is 17.1. The Bertz CT molecular complexity index is 878. The molecule has 8 nitrogen and oxygen atoms in total. The molecular weight excluding hydrogens is 370 g/mol. The number of likely N-dealkylation sites (tertiary alicyclic amines) is 1. The fourth-order valence-electron chi connectivity index (χ4n) is 3.27. The summed E-state index contributed by atoms with van der Waals surface area (Å²) < 4.78 is 5.05. The van der Waals surface area contributed by atoms with E-state index < -0.39 is 0 Å². The van der Waals surface area contributed by atoms with Crippen LogP contribution in [-0.4, -0.2) is 52.6 Å². The first-order chi connectivity index (χ1) is 13.9. The lowest BCUT2D eigenvalue weighted by Crippen LogP contribution is -2.42. The Morgan fingerprint density at radius 3 is 2.62 bits per heavy atom. The van der Waals surface area contributed by atoms with Gasteiger partial charge in [0.25, 0.3) is 5.91 Å². The molecule has 29 heavy (non-hydrogen) atoms. The summed E-state index contributed by atoms with van der Waals surface area (Å²) in [6.07, 6.45) is 1.26. The Balaban J connectivity index is 1.62. The van der Waals surface area contributed by atoms with Gasteiger partial charge in [0.2, 0.25) is 5.95 Å². The van der Waals surface area contributed by atoms with E-state index in [1.807, 2.05) is 38.1 Å². The molecule has 0 spiro atoms. The molecule has 0 atom stereocenters. The smallest absolute Gasteiger partial charge is 0.409 e. The van der Waals surface area contributed by atoms with Crippen LogP contribution in [0.3, 0.4) is 0 Å². The van der Waals surface area contributed by atoms with Crippen molar-refractivity contribution in [1.82, 2.24) is 14.9 Å². The molecule has 0 radical (unpaired) electrons. The number of nitrogens with zero attached hydrogens (tertiary/aromatic N) is 3. The van der Waals surface area contributed by atoms with Gasteiger partial charge in [0.1, 0.15) is 5.69 Å². The molecule has 2 N–H and O–H groups in total. The highest BCUT2D eigenvalue weighted by atomic mass is 16.6. The van der Waals surface area contributed by atoms with E-state index in [2.05, 4.69) is 20.6 Å². The van der Waals surface area contributed by atoms with E-state index in [1.54, 1.807) is 17.9 Å². The number of ether oxygens (including phenoxy) is 1. The van der Waals surface area contributed by atoms with Crippen molar-refractivity contribution in [3.05, 3.63) is 47.3 Å². The Hall–Kier alpha value is -3.16. The van der Waals surface area contributed by atoms with Crippen molar-refractivity contribution in [1.29, 1.82) is 0 Å². The lowest BCUT2D eigenvalue weighted by Gasteiger charge is -2.31. The molecule has 1 aromatic carbocycles. The average Bonchev–Trinajstić information content (AvgIpc) is 2.68. The second-order valence-electron chi connectivity index (χ2n) is 7.15. The second-order valence-corrected chi connectivity index (χ2v) is 7.15. The highest BCUT2D eigenvalue weighted by Crippen LogP contribution is 2.17. The minimum Gasteiger partial charge on any atom is -0.450 e. The van der Waals surface area contributed by atoms with Gasteiger partial charge in [-0.25, -0.2) is 14.8 Å². The number of benzene rings is 1. The molecule has 1 aliphatic heterocycles. The maximum absolute atomic E-state index is 12.6. The number of aryl methyl sites for hydroxylation is 2. The zero-order chi connectivity index (χ0) is 20.8. The number of nitrogens with one attached hydrogen (secondary N) is 2. The number of anilines is 2. The molecule has 8 heteroatoms. The molecule has 1 saturated heterocycles. The van der Waals surface area contributed by atoms with Crippen molar-refractivity contribution in [2.75, 3.05) is 30.3 Å². The number of piperidine rings is 1. The van der Waals surface area contributed by atoms with Crippen molar-refractivity contribution >= 4 is 23.6 Å². The van der Waals surface area contributed by atoms with Crippen LogP contribution in [0.4, 0.5) is 16.4 Å². The Kier molecular flexibility index (Phi) is 6.64. The number of carbonyl (C=O) groups is 2. The molecule has 0 bridgehead atoms. The van der Waals surface area contributed by atoms with Crippen molar-refractivity contribution < 1.29 is 14.3 Å². The van der Waals surface area contributed by atoms with Crippen LogP contribution in [0.25, 0.3) is 0 Å². The van der Waals surface area contributed by atoms with Gasteiger partial charge in [-0.2, -0.15) is 0 Å². The highest BCUT2D eigenvalue weighted by molar-refractivity contribution is 6.03. The van der Waals surface area contributed by atoms with Crippen molar-refractivity contribution in [3.8, 4) is 0 Å². The molecular formula is C21H27N5O3. The second kappa shape index (κ2) is 9.36. The molecule has 1 aromatic heterocycles. The van der Waals surface area contributed by atoms with Crippen LogP contribution in [-0.2, 0) is 4.74 Å². The van der Waals surface area contributed by atoms with Gasteiger partial charge >= 0.3 is 6.09 Å². The van der Waals surface area contributed by atoms with E-state index in [9.17, 15) is 9.59 Å². The third kappa shape index (κ3) is 5.66. The summed E-state index contributed by atoms with van der Waals surface area (Å²) >= 11 is 0. The minimum atomic E-state index is -0.277. The van der Waals surface area contributed by atoms with E-state index in [0.29, 0.717) is 37.0 Å². The van der Waals surface area contributed by atoms with E-state index in [0.717, 1.165) is 24.1 Å². The number of hydrogen-bond donors (Lipinski definition) is 2. The van der Waals surface area contributed by atoms with Gasteiger partial charge in [-0.05, 0) is 57.4 Å². The number of hydrogen-bond acceptors (Lipinski definition) is 6. The van der Waals surface area contributed by atoms with Crippen LogP contribution >= 0.6 is 0 Å². The molecule has 1 fully saturated rings. The summed E-state index contributed by atoms with van der Waals surface area (Å²) in [7, 11) is 0. The average molecular weight is 397 g/mol. The molecule has 2 heterocycles. The monoisotopic (exact) mass is 397 g/mol. The van der Waals surface area contributed by atoms with Gasteiger partial charge < -0.3 is 20.3 Å². The van der Waals surface area contributed by atoms with Gasteiger partial charge in [0.05, 0.1) is 6.61 Å². The number of rotatable bonds is 5. The fraction of sp³-hybridized carbons (Fsp3) is 0.429. The summed E-state index contributed by atoms with van der Waals surface area (Å²) in [4.78, 5) is 34.9. The predicted octanol–water partition coefficient (Wildman–Crippen LogP) is 3.38. The first-order valence-electron chi connectivity index (χ1n) is 9.86. The van der Waals surface area contributed by atoms with E-state index in [4.69, 9.17) is 4.74 Å². The lowest BCUT2D eigenvalue weighted by molar-refractivity contribution is 0.0980. The zero-order valence-electron chi connectivity index (χ0n) is 17.1. The molecule has 154 valence electrons. The molecule has 2 amide bonds. The van der Waals surface area contributed by atoms with E-state index >= 15 is 0 Å². The van der Waals surface area contributed by atoms with Crippen LogP contribution in [0, 0.1) is 13.8 Å². The maximum Gasteiger partial charge on any atom is 0.409 e. The summed E-state index contributed by atoms with van der Waals surface area (Å²) in [6.45, 7) is 7.21. The standard InChI is InChI=1S/C21H27N5O3/c1-4-29-21(28)26-10-8-16(9-11-26)24-20-22-15(3)13-18(25-20)19(27)23-17-7-5-6-14(2)12-17/h5-7,12-13,16H,4,8-11H2,1-3H3,(H,23,27)(H,22,24,25). The summed E-state index contributed by atoms with van der Waals surface area (Å²) in [5.74, 6) is 0.148. The van der Waals surface area contributed by atoms with Crippen molar-refractivity contribution in [3.63, 3.8) is 0 Å². The van der Waals surface area contributed by atoms with Crippen LogP contribution in [0.1, 0.15) is 41.5 Å². The summed E-state index contributed by atoms with van der Waals surface area (Å²) in [6, 6.07) is 9.42. The topological polar surface area (TPSA) is 96.5 Å². The highest BCUT2D eigenvalue weighted by Gasteiger charge is 2.24. The van der Waals surface area contributed by atoms with Gasteiger partial charge in [-0.15, -0.1) is 0 Å². The number of carbonyl (C=O) groups excluding carboxylic acids is 2. The first kappa shape index (κ1) is 20.6. The summed E-state index contributed by atoms with van der Waals surface area (Å²) in [5.41, 5.74) is 2.82.